The van der Waals surface area contributed by atoms with Gasteiger partial charge in [0.15, 0.2) is 0 Å². The van der Waals surface area contributed by atoms with E-state index in [-0.39, 0.29) is 0 Å². The topological polar surface area (TPSA) is 72.5 Å². The third-order valence-electron chi connectivity index (χ3n) is 3.30. The van der Waals surface area contributed by atoms with Gasteiger partial charge in [0.2, 0.25) is 5.75 Å². The van der Waals surface area contributed by atoms with E-state index in [4.69, 9.17) is 15.2 Å². The smallest absolute Gasteiger partial charge is 0.398 e. The van der Waals surface area contributed by atoms with Crippen molar-refractivity contribution in [3.8, 4) is 5.75 Å². The minimum Gasteiger partial charge on any atom is -0.398 e. The first-order valence-corrected chi connectivity index (χ1v) is 7.39. The highest BCUT2D eigenvalue weighted by atomic mass is 31.1. The van der Waals surface area contributed by atoms with Gasteiger partial charge in [-0.15, -0.1) is 4.89 Å². The van der Waals surface area contributed by atoms with E-state index in [1.54, 1.807) is 0 Å². The number of benzene rings is 2. The molecule has 0 fully saturated rings. The van der Waals surface area contributed by atoms with E-state index >= 15 is 0 Å². The van der Waals surface area contributed by atoms with Gasteiger partial charge in [0.1, 0.15) is 0 Å². The molecule has 2 aromatic rings. The highest BCUT2D eigenvalue weighted by Crippen LogP contribution is 2.41. The Labute approximate surface area is 113 Å². The molecule has 2 aromatic carbocycles. The summed E-state index contributed by atoms with van der Waals surface area (Å²) in [5.41, 5.74) is 8.85. The van der Waals surface area contributed by atoms with E-state index in [9.17, 15) is 4.57 Å². The second-order valence-corrected chi connectivity index (χ2v) is 4.94. The summed E-state index contributed by atoms with van der Waals surface area (Å²) in [6.07, 6.45) is 1.47. The Balaban J connectivity index is 2.87. The quantitative estimate of drug-likeness (QED) is 0.662. The van der Waals surface area contributed by atoms with Crippen molar-refractivity contribution in [1.82, 2.24) is 0 Å². The maximum absolute atomic E-state index is 11.1. The molecule has 0 aromatic heterocycles. The Morgan fingerprint density at radius 2 is 1.74 bits per heavy atom. The average Bonchev–Trinajstić information content (AvgIpc) is 2.41. The van der Waals surface area contributed by atoms with Gasteiger partial charge in [-0.2, -0.15) is 0 Å². The van der Waals surface area contributed by atoms with Crippen LogP contribution in [0.15, 0.2) is 24.3 Å². The molecule has 19 heavy (non-hydrogen) atoms. The fourth-order valence-corrected chi connectivity index (χ4v) is 2.87. The van der Waals surface area contributed by atoms with E-state index < -0.39 is 8.25 Å². The van der Waals surface area contributed by atoms with E-state index in [0.29, 0.717) is 12.2 Å². The summed E-state index contributed by atoms with van der Waals surface area (Å²) in [5, 5.41) is 1.65. The molecule has 0 amide bonds. The number of rotatable bonds is 4. The summed E-state index contributed by atoms with van der Waals surface area (Å²) in [6, 6.07) is 7.52. The molecule has 0 saturated heterocycles. The van der Waals surface area contributed by atoms with Gasteiger partial charge in [0.05, 0.1) is 0 Å². The van der Waals surface area contributed by atoms with Crippen molar-refractivity contribution in [2.75, 3.05) is 5.73 Å². The minimum atomic E-state index is -2.69. The molecule has 2 rings (SSSR count). The first-order chi connectivity index (χ1) is 9.10. The lowest BCUT2D eigenvalue weighted by atomic mass is 9.94. The van der Waals surface area contributed by atoms with Gasteiger partial charge in [0.25, 0.3) is 0 Å². The van der Waals surface area contributed by atoms with Crippen LogP contribution in [0.25, 0.3) is 10.8 Å². The minimum absolute atomic E-state index is 0.479. The number of nitrogen functional groups attached to an aromatic ring is 1. The van der Waals surface area contributed by atoms with Gasteiger partial charge in [0, 0.05) is 26.6 Å². The van der Waals surface area contributed by atoms with Crippen molar-refractivity contribution in [1.29, 1.82) is 0 Å². The molecule has 4 nitrogen and oxygen atoms in total. The monoisotopic (exact) mass is 278 g/mol. The SMILES string of the molecule is CCc1c(CC)c(O[P+](=O)O)c2ccccc2c1N. The molecule has 0 radical (unpaired) electrons. The highest BCUT2D eigenvalue weighted by Gasteiger charge is 2.24. The molecule has 1 atom stereocenters. The Hall–Kier alpha value is -1.64. The standard InChI is InChI=1S/C14H16NO3P/c1-3-9-10(4-2)14(18-19(16)17)12-8-6-5-7-11(12)13(9)15/h5-8H,3-4,15H2,1-2H3/p+1. The van der Waals surface area contributed by atoms with Crippen molar-refractivity contribution < 1.29 is 14.0 Å². The van der Waals surface area contributed by atoms with Crippen LogP contribution in [0.4, 0.5) is 5.69 Å². The molecular formula is C14H17NO3P+. The van der Waals surface area contributed by atoms with Crippen molar-refractivity contribution in [2.24, 2.45) is 0 Å². The summed E-state index contributed by atoms with van der Waals surface area (Å²) in [5.74, 6) is 0.479. The molecule has 0 bridgehead atoms. The zero-order valence-corrected chi connectivity index (χ0v) is 11.9. The van der Waals surface area contributed by atoms with Gasteiger partial charge < -0.3 is 5.73 Å². The summed E-state index contributed by atoms with van der Waals surface area (Å²) in [6.45, 7) is 4.00. The third kappa shape index (κ3) is 2.42. The summed E-state index contributed by atoms with van der Waals surface area (Å²) >= 11 is 0. The van der Waals surface area contributed by atoms with E-state index in [2.05, 4.69) is 0 Å². The average molecular weight is 278 g/mol. The van der Waals surface area contributed by atoms with Crippen LogP contribution in [0.3, 0.4) is 0 Å². The zero-order valence-electron chi connectivity index (χ0n) is 11.0. The van der Waals surface area contributed by atoms with Gasteiger partial charge in [-0.05, 0) is 18.4 Å². The predicted octanol–water partition coefficient (Wildman–Crippen LogP) is 3.58. The Morgan fingerprint density at radius 3 is 2.26 bits per heavy atom. The molecule has 0 aliphatic heterocycles. The number of fused-ring (bicyclic) bond motifs is 1. The number of hydrogen-bond donors (Lipinski definition) is 2. The van der Waals surface area contributed by atoms with Crippen LogP contribution in [0, 0.1) is 0 Å². The van der Waals surface area contributed by atoms with Gasteiger partial charge in [-0.25, -0.2) is 4.52 Å². The van der Waals surface area contributed by atoms with Crippen LogP contribution in [0.5, 0.6) is 5.75 Å². The van der Waals surface area contributed by atoms with Gasteiger partial charge in [-0.1, -0.05) is 38.1 Å². The largest absolute Gasteiger partial charge is 0.747 e. The third-order valence-corrected chi connectivity index (χ3v) is 3.64. The maximum atomic E-state index is 11.1. The van der Waals surface area contributed by atoms with Crippen molar-refractivity contribution in [3.05, 3.63) is 35.4 Å². The molecule has 0 aliphatic carbocycles. The van der Waals surface area contributed by atoms with Crippen LogP contribution in [0.2, 0.25) is 0 Å². The lowest BCUT2D eigenvalue weighted by molar-refractivity contribution is 0.410. The molecule has 0 aliphatic rings. The molecule has 5 heteroatoms. The Bertz CT molecular complexity index is 640. The lowest BCUT2D eigenvalue weighted by Crippen LogP contribution is -2.02. The fraction of sp³-hybridized carbons (Fsp3) is 0.286. The first-order valence-electron chi connectivity index (χ1n) is 6.26. The Morgan fingerprint density at radius 1 is 1.16 bits per heavy atom. The van der Waals surface area contributed by atoms with Crippen molar-refractivity contribution in [2.45, 2.75) is 26.7 Å². The maximum Gasteiger partial charge on any atom is 0.747 e. The second-order valence-electron chi connectivity index (χ2n) is 4.28. The predicted molar refractivity (Wildman–Crippen MR) is 77.6 cm³/mol. The molecular weight excluding hydrogens is 261 g/mol. The van der Waals surface area contributed by atoms with Crippen molar-refractivity contribution >= 4 is 24.7 Å². The van der Waals surface area contributed by atoms with Crippen LogP contribution >= 0.6 is 8.25 Å². The van der Waals surface area contributed by atoms with Crippen LogP contribution in [0.1, 0.15) is 25.0 Å². The fourth-order valence-electron chi connectivity index (χ4n) is 2.50. The van der Waals surface area contributed by atoms with Gasteiger partial charge in [-0.3, -0.25) is 0 Å². The zero-order chi connectivity index (χ0) is 14.0. The molecule has 0 spiro atoms. The van der Waals surface area contributed by atoms with Crippen LogP contribution in [-0.2, 0) is 17.4 Å². The van der Waals surface area contributed by atoms with Crippen molar-refractivity contribution in [3.63, 3.8) is 0 Å². The Kier molecular flexibility index (Phi) is 4.03. The first kappa shape index (κ1) is 13.8. The summed E-state index contributed by atoms with van der Waals surface area (Å²) in [4.78, 5) is 9.07. The van der Waals surface area contributed by atoms with E-state index in [1.807, 2.05) is 38.1 Å². The molecule has 0 saturated carbocycles. The molecule has 1 unspecified atom stereocenters. The van der Waals surface area contributed by atoms with E-state index in [1.165, 1.54) is 0 Å². The molecule has 0 heterocycles. The lowest BCUT2D eigenvalue weighted by Gasteiger charge is -2.15. The van der Waals surface area contributed by atoms with Crippen LogP contribution < -0.4 is 10.3 Å². The molecule has 3 N–H and O–H groups in total. The number of hydrogen-bond acceptors (Lipinski definition) is 3. The van der Waals surface area contributed by atoms with E-state index in [0.717, 1.165) is 34.0 Å². The number of anilines is 1. The van der Waals surface area contributed by atoms with Crippen LogP contribution in [-0.4, -0.2) is 4.89 Å². The van der Waals surface area contributed by atoms with Gasteiger partial charge >= 0.3 is 8.25 Å². The summed E-state index contributed by atoms with van der Waals surface area (Å²) < 4.78 is 16.2. The highest BCUT2D eigenvalue weighted by molar-refractivity contribution is 7.32. The number of nitrogens with two attached hydrogens (primary N) is 1. The normalized spacial score (nSPS) is 11.6. The molecule has 100 valence electrons. The second kappa shape index (κ2) is 5.55. The summed E-state index contributed by atoms with van der Waals surface area (Å²) in [7, 11) is -2.69.